The van der Waals surface area contributed by atoms with Gasteiger partial charge in [0.25, 0.3) is 0 Å². The van der Waals surface area contributed by atoms with Gasteiger partial charge in [-0.25, -0.2) is 0 Å². The SMILES string of the molecule is c1ccc(N(c2ccc3c(c2)C(c2ccccc2)(c2ccccc2)c2ccccc2-3)c2ccc3c(c2)C2(c4ccccc4-c4ccccc42)c2oc4ccccc4c2-3)cc1. The van der Waals surface area contributed by atoms with E-state index in [1.165, 1.54) is 72.3 Å². The number of benzene rings is 9. The summed E-state index contributed by atoms with van der Waals surface area (Å²) in [6.45, 7) is 0. The highest BCUT2D eigenvalue weighted by molar-refractivity contribution is 6.05. The summed E-state index contributed by atoms with van der Waals surface area (Å²) >= 11 is 0. The molecule has 9 aromatic carbocycles. The van der Waals surface area contributed by atoms with Crippen LogP contribution in [0.2, 0.25) is 0 Å². The van der Waals surface area contributed by atoms with Crippen molar-refractivity contribution in [3.8, 4) is 33.4 Å². The lowest BCUT2D eigenvalue weighted by Gasteiger charge is -2.35. The predicted octanol–water partition coefficient (Wildman–Crippen LogP) is 14.6. The monoisotopic (exact) mass is 763 g/mol. The Hall–Kier alpha value is -7.68. The van der Waals surface area contributed by atoms with Crippen molar-refractivity contribution in [2.24, 2.45) is 0 Å². The van der Waals surface area contributed by atoms with Crippen molar-refractivity contribution in [2.75, 3.05) is 4.90 Å². The first-order chi connectivity index (χ1) is 29.8. The molecule has 1 aromatic heterocycles. The van der Waals surface area contributed by atoms with E-state index in [1.807, 2.05) is 0 Å². The molecule has 2 nitrogen and oxygen atoms in total. The third-order valence-electron chi connectivity index (χ3n) is 13.5. The molecule has 1 heterocycles. The summed E-state index contributed by atoms with van der Waals surface area (Å²) in [7, 11) is 0. The molecule has 2 heteroatoms. The van der Waals surface area contributed by atoms with Crippen molar-refractivity contribution in [1.82, 2.24) is 0 Å². The first-order valence-corrected chi connectivity index (χ1v) is 20.8. The highest BCUT2D eigenvalue weighted by Crippen LogP contribution is 2.65. The van der Waals surface area contributed by atoms with Gasteiger partial charge in [-0.1, -0.05) is 182 Å². The summed E-state index contributed by atoms with van der Waals surface area (Å²) in [6.07, 6.45) is 0. The molecular weight excluding hydrogens is 727 g/mol. The average Bonchev–Trinajstić information content (AvgIpc) is 4.02. The third-order valence-corrected chi connectivity index (χ3v) is 13.5. The first-order valence-electron chi connectivity index (χ1n) is 20.8. The van der Waals surface area contributed by atoms with Crippen LogP contribution in [-0.4, -0.2) is 0 Å². The molecule has 1 spiro atoms. The molecule has 0 radical (unpaired) electrons. The summed E-state index contributed by atoms with van der Waals surface area (Å²) in [6, 6.07) is 82.6. The maximum atomic E-state index is 7.09. The highest BCUT2D eigenvalue weighted by atomic mass is 16.3. The van der Waals surface area contributed by atoms with E-state index in [4.69, 9.17) is 4.42 Å². The van der Waals surface area contributed by atoms with Crippen LogP contribution in [0.1, 0.15) is 44.7 Å². The second-order valence-electron chi connectivity index (χ2n) is 16.3. The van der Waals surface area contributed by atoms with Gasteiger partial charge in [-0.2, -0.15) is 0 Å². The summed E-state index contributed by atoms with van der Waals surface area (Å²) in [5.74, 6) is 1.00. The molecule has 0 saturated carbocycles. The van der Waals surface area contributed by atoms with Crippen LogP contribution in [-0.2, 0) is 10.8 Å². The molecule has 3 aliphatic carbocycles. The van der Waals surface area contributed by atoms with E-state index in [0.717, 1.165) is 33.8 Å². The van der Waals surface area contributed by atoms with E-state index in [1.54, 1.807) is 0 Å². The Balaban J connectivity index is 1.09. The zero-order chi connectivity index (χ0) is 39.4. The van der Waals surface area contributed by atoms with Crippen LogP contribution in [0, 0.1) is 0 Å². The van der Waals surface area contributed by atoms with Crippen LogP contribution in [0.3, 0.4) is 0 Å². The van der Waals surface area contributed by atoms with Gasteiger partial charge in [-0.15, -0.1) is 0 Å². The van der Waals surface area contributed by atoms with Crippen molar-refractivity contribution in [2.45, 2.75) is 10.8 Å². The fraction of sp³-hybridized carbons (Fsp3) is 0.0345. The van der Waals surface area contributed by atoms with Gasteiger partial charge in [-0.3, -0.25) is 0 Å². The van der Waals surface area contributed by atoms with E-state index in [2.05, 4.69) is 229 Å². The van der Waals surface area contributed by atoms with Gasteiger partial charge >= 0.3 is 0 Å². The van der Waals surface area contributed by atoms with Gasteiger partial charge in [0.1, 0.15) is 16.8 Å². The van der Waals surface area contributed by atoms with E-state index in [0.29, 0.717) is 0 Å². The number of hydrogen-bond donors (Lipinski definition) is 0. The molecule has 0 unspecified atom stereocenters. The first kappa shape index (κ1) is 33.3. The topological polar surface area (TPSA) is 16.4 Å². The lowest BCUT2D eigenvalue weighted by Crippen LogP contribution is -2.28. The number of fused-ring (bicyclic) bond motifs is 15. The van der Waals surface area contributed by atoms with E-state index in [-0.39, 0.29) is 0 Å². The number of hydrogen-bond acceptors (Lipinski definition) is 2. The van der Waals surface area contributed by atoms with Gasteiger partial charge in [-0.05, 0) is 109 Å². The molecule has 0 fully saturated rings. The zero-order valence-corrected chi connectivity index (χ0v) is 32.7. The highest BCUT2D eigenvalue weighted by Gasteiger charge is 2.55. The van der Waals surface area contributed by atoms with Gasteiger partial charge in [0.15, 0.2) is 0 Å². The maximum Gasteiger partial charge on any atom is 0.135 e. The number of para-hydroxylation sites is 2. The van der Waals surface area contributed by atoms with Gasteiger partial charge in [0.2, 0.25) is 0 Å². The molecule has 280 valence electrons. The Morgan fingerprint density at radius 1 is 0.317 bits per heavy atom. The third kappa shape index (κ3) is 4.22. The Labute approximate surface area is 349 Å². The number of rotatable bonds is 5. The summed E-state index contributed by atoms with van der Waals surface area (Å²) in [4.78, 5) is 2.45. The molecule has 0 saturated heterocycles. The summed E-state index contributed by atoms with van der Waals surface area (Å²) in [5, 5.41) is 1.15. The Bertz CT molecular complexity index is 3240. The van der Waals surface area contributed by atoms with Gasteiger partial charge in [0.05, 0.1) is 5.41 Å². The van der Waals surface area contributed by atoms with E-state index < -0.39 is 10.8 Å². The quantitative estimate of drug-likeness (QED) is 0.174. The van der Waals surface area contributed by atoms with Crippen LogP contribution < -0.4 is 4.90 Å². The smallest absolute Gasteiger partial charge is 0.135 e. The largest absolute Gasteiger partial charge is 0.459 e. The minimum atomic E-state index is -0.620. The van der Waals surface area contributed by atoms with Crippen LogP contribution in [0.25, 0.3) is 44.3 Å². The Morgan fingerprint density at radius 3 is 1.33 bits per heavy atom. The normalized spacial score (nSPS) is 14.3. The fourth-order valence-corrected chi connectivity index (χ4v) is 11.3. The molecule has 0 aliphatic heterocycles. The fourth-order valence-electron chi connectivity index (χ4n) is 11.3. The van der Waals surface area contributed by atoms with Crippen LogP contribution in [0.15, 0.2) is 229 Å². The van der Waals surface area contributed by atoms with E-state index >= 15 is 0 Å². The molecule has 0 bridgehead atoms. The molecule has 0 atom stereocenters. The lowest BCUT2D eigenvalue weighted by molar-refractivity contribution is 0.507. The molecule has 0 amide bonds. The predicted molar refractivity (Wildman–Crippen MR) is 244 cm³/mol. The molecule has 13 rings (SSSR count). The maximum absolute atomic E-state index is 7.09. The molecule has 3 aliphatic rings. The van der Waals surface area contributed by atoms with Crippen LogP contribution in [0.5, 0.6) is 0 Å². The number of furan rings is 1. The van der Waals surface area contributed by atoms with E-state index in [9.17, 15) is 0 Å². The number of nitrogens with zero attached hydrogens (tertiary/aromatic N) is 1. The van der Waals surface area contributed by atoms with Crippen molar-refractivity contribution in [3.63, 3.8) is 0 Å². The van der Waals surface area contributed by atoms with Gasteiger partial charge in [0, 0.05) is 28.0 Å². The lowest BCUT2D eigenvalue weighted by atomic mass is 9.67. The van der Waals surface area contributed by atoms with Crippen molar-refractivity contribution in [1.29, 1.82) is 0 Å². The Kier molecular flexibility index (Phi) is 6.89. The number of anilines is 3. The summed E-state index contributed by atoms with van der Waals surface area (Å²) < 4.78 is 7.09. The second-order valence-corrected chi connectivity index (χ2v) is 16.3. The summed E-state index contributed by atoms with van der Waals surface area (Å²) in [5.41, 5.74) is 19.4. The van der Waals surface area contributed by atoms with Crippen molar-refractivity contribution < 1.29 is 4.42 Å². The Morgan fingerprint density at radius 2 is 0.750 bits per heavy atom. The minimum Gasteiger partial charge on any atom is -0.459 e. The minimum absolute atomic E-state index is 0.512. The van der Waals surface area contributed by atoms with Gasteiger partial charge < -0.3 is 9.32 Å². The molecule has 60 heavy (non-hydrogen) atoms. The standard InChI is InChI=1S/C58H37NO/c1-4-18-38(19-5-1)57(39-20-6-2-7-21-39)49-28-14-10-26-45(49)46-34-32-41(36-52(46)57)59(40-22-8-3-9-23-40)42-33-35-47-53(37-42)58(56-55(47)48-27-13-17-31-54(48)60-56)50-29-15-11-24-43(50)44-25-12-16-30-51(44)58/h1-37H. The molecule has 0 N–H and O–H groups in total. The second kappa shape index (κ2) is 12.4. The zero-order valence-electron chi connectivity index (χ0n) is 32.7. The van der Waals surface area contributed by atoms with Crippen LogP contribution in [0.4, 0.5) is 17.1 Å². The van der Waals surface area contributed by atoms with Crippen molar-refractivity contribution in [3.05, 3.63) is 269 Å². The van der Waals surface area contributed by atoms with Crippen LogP contribution >= 0.6 is 0 Å². The molecule has 10 aromatic rings. The van der Waals surface area contributed by atoms with Crippen molar-refractivity contribution >= 4 is 28.0 Å². The molecular formula is C58H37NO. The average molecular weight is 764 g/mol.